The second kappa shape index (κ2) is 0.640. The van der Waals surface area contributed by atoms with E-state index in [1.54, 1.807) is 0 Å². The van der Waals surface area contributed by atoms with Crippen molar-refractivity contribution in [3.63, 3.8) is 0 Å². The summed E-state index contributed by atoms with van der Waals surface area (Å²) >= 11 is 0. The van der Waals surface area contributed by atoms with Gasteiger partial charge >= 0.3 is 0 Å². The molecule has 0 atom stereocenters. The maximum Gasteiger partial charge on any atom is -0.0312 e. The molecular weight excluding hydrogens is 120 g/mol. The van der Waals surface area contributed by atoms with Crippen LogP contribution in [0, 0.1) is 59.2 Å². The van der Waals surface area contributed by atoms with Crippen LogP contribution in [0.4, 0.5) is 0 Å². The number of hydrogen-bond acceptors (Lipinski definition) is 0. The molecule has 0 radical (unpaired) electrons. The number of fused-ring (bicyclic) bond motifs is 6. The Morgan fingerprint density at radius 1 is 0.200 bits per heavy atom. The van der Waals surface area contributed by atoms with Crippen LogP contribution in [-0.2, 0) is 0 Å². The molecule has 0 spiro atoms. The lowest BCUT2D eigenvalue weighted by Gasteiger charge is -2.49. The number of hydrogen-bond donors (Lipinski definition) is 0. The van der Waals surface area contributed by atoms with Crippen LogP contribution in [0.5, 0.6) is 0 Å². The van der Waals surface area contributed by atoms with Gasteiger partial charge in [0.05, 0.1) is 0 Å². The van der Waals surface area contributed by atoms with Crippen LogP contribution in [-0.4, -0.2) is 0 Å². The molecular formula is C10H10. The van der Waals surface area contributed by atoms with E-state index in [1.807, 2.05) is 0 Å². The van der Waals surface area contributed by atoms with E-state index in [2.05, 4.69) is 0 Å². The Balaban J connectivity index is 1.89. The van der Waals surface area contributed by atoms with E-state index in [1.165, 1.54) is 59.2 Å². The summed E-state index contributed by atoms with van der Waals surface area (Å²) in [6, 6.07) is 0. The highest BCUT2D eigenvalue weighted by Crippen LogP contribution is 3.01. The minimum absolute atomic E-state index is 1.33. The molecule has 6 aliphatic rings. The van der Waals surface area contributed by atoms with Crippen molar-refractivity contribution in [3.8, 4) is 0 Å². The lowest BCUT2D eigenvalue weighted by molar-refractivity contribution is -0.0217. The van der Waals surface area contributed by atoms with Crippen LogP contribution < -0.4 is 0 Å². The number of rotatable bonds is 0. The van der Waals surface area contributed by atoms with Crippen molar-refractivity contribution in [1.29, 1.82) is 0 Å². The van der Waals surface area contributed by atoms with Gasteiger partial charge in [0, 0.05) is 0 Å². The summed E-state index contributed by atoms with van der Waals surface area (Å²) in [5.74, 6) is 13.3. The lowest BCUT2D eigenvalue weighted by atomic mass is 9.56. The third kappa shape index (κ3) is 0.125. The van der Waals surface area contributed by atoms with E-state index in [4.69, 9.17) is 0 Å². The predicted molar refractivity (Wildman–Crippen MR) is 34.9 cm³/mol. The molecule has 50 valence electrons. The van der Waals surface area contributed by atoms with Crippen molar-refractivity contribution in [3.05, 3.63) is 0 Å². The average molecular weight is 130 g/mol. The van der Waals surface area contributed by atoms with E-state index >= 15 is 0 Å². The monoisotopic (exact) mass is 130 g/mol. The standard InChI is InChI=1S/C10H10/c1-3-5(1)10-4-2-6(4)9(3)7(1)8(2)10/h1-10H. The maximum absolute atomic E-state index is 1.33. The third-order valence-electron chi connectivity index (χ3n) is 6.38. The molecule has 0 heteroatoms. The summed E-state index contributed by atoms with van der Waals surface area (Å²) < 4.78 is 0. The van der Waals surface area contributed by atoms with E-state index in [-0.39, 0.29) is 0 Å². The smallest absolute Gasteiger partial charge is 0.0312 e. The first-order chi connectivity index (χ1) is 5.00. The topological polar surface area (TPSA) is 0 Å². The van der Waals surface area contributed by atoms with Crippen LogP contribution in [0.1, 0.15) is 0 Å². The first kappa shape index (κ1) is 3.60. The minimum Gasteiger partial charge on any atom is -0.0312 e. The van der Waals surface area contributed by atoms with E-state index in [0.717, 1.165) is 0 Å². The van der Waals surface area contributed by atoms with Crippen LogP contribution in [0.15, 0.2) is 0 Å². The van der Waals surface area contributed by atoms with Gasteiger partial charge in [0.1, 0.15) is 0 Å². The van der Waals surface area contributed by atoms with E-state index < -0.39 is 0 Å². The first-order valence-corrected chi connectivity index (χ1v) is 5.00. The SMILES string of the molecule is C12C3C1C1C4C5C4C3C2C51. The normalized spacial score (nSPS) is 108. The molecule has 0 heterocycles. The van der Waals surface area contributed by atoms with Crippen molar-refractivity contribution < 1.29 is 0 Å². The lowest BCUT2D eigenvalue weighted by Crippen LogP contribution is -2.45. The largest absolute Gasteiger partial charge is 0.0312 e. The highest BCUT2D eigenvalue weighted by molar-refractivity contribution is 5.44. The summed E-state index contributed by atoms with van der Waals surface area (Å²) in [5, 5.41) is 0. The first-order valence-electron chi connectivity index (χ1n) is 5.00. The molecule has 0 unspecified atom stereocenters. The average Bonchev–Trinajstić information content (AvgIpc) is 2.60. The van der Waals surface area contributed by atoms with Gasteiger partial charge in [-0.3, -0.25) is 0 Å². The maximum atomic E-state index is 1.33. The van der Waals surface area contributed by atoms with Crippen LogP contribution in [0.3, 0.4) is 0 Å². The van der Waals surface area contributed by atoms with Gasteiger partial charge in [-0.1, -0.05) is 0 Å². The second-order valence-corrected chi connectivity index (χ2v) is 5.77. The van der Waals surface area contributed by atoms with Gasteiger partial charge in [0.25, 0.3) is 0 Å². The zero-order valence-electron chi connectivity index (χ0n) is 5.77. The molecule has 0 nitrogen and oxygen atoms in total. The van der Waals surface area contributed by atoms with E-state index in [9.17, 15) is 0 Å². The molecule has 0 bridgehead atoms. The highest BCUT2D eigenvalue weighted by atomic mass is 15.0. The summed E-state index contributed by atoms with van der Waals surface area (Å²) in [4.78, 5) is 0. The van der Waals surface area contributed by atoms with Crippen LogP contribution in [0.2, 0.25) is 0 Å². The Morgan fingerprint density at radius 3 is 0.400 bits per heavy atom. The Bertz CT molecular complexity index is 239. The third-order valence-corrected chi connectivity index (χ3v) is 6.38. The molecule has 10 heavy (non-hydrogen) atoms. The van der Waals surface area contributed by atoms with Crippen molar-refractivity contribution in [1.82, 2.24) is 0 Å². The van der Waals surface area contributed by atoms with Crippen molar-refractivity contribution >= 4 is 0 Å². The second-order valence-electron chi connectivity index (χ2n) is 5.77. The minimum atomic E-state index is 1.33. The molecule has 0 saturated heterocycles. The molecule has 6 saturated carbocycles. The molecule has 0 amide bonds. The molecule has 6 aliphatic carbocycles. The van der Waals surface area contributed by atoms with Crippen molar-refractivity contribution in [2.24, 2.45) is 59.2 Å². The van der Waals surface area contributed by atoms with Gasteiger partial charge in [0.2, 0.25) is 0 Å². The van der Waals surface area contributed by atoms with Gasteiger partial charge in [-0.2, -0.15) is 0 Å². The van der Waals surface area contributed by atoms with Crippen molar-refractivity contribution in [2.75, 3.05) is 0 Å². The molecule has 0 aliphatic heterocycles. The molecule has 0 aromatic carbocycles. The van der Waals surface area contributed by atoms with Crippen LogP contribution >= 0.6 is 0 Å². The molecule has 6 fully saturated rings. The zero-order chi connectivity index (χ0) is 5.77. The summed E-state index contributed by atoms with van der Waals surface area (Å²) in [6.45, 7) is 0. The Hall–Kier alpha value is 0. The Labute approximate surface area is 60.0 Å². The summed E-state index contributed by atoms with van der Waals surface area (Å²) in [7, 11) is 0. The molecule has 0 N–H and O–H groups in total. The summed E-state index contributed by atoms with van der Waals surface area (Å²) in [6.07, 6.45) is 0. The van der Waals surface area contributed by atoms with E-state index in [0.29, 0.717) is 0 Å². The van der Waals surface area contributed by atoms with Gasteiger partial charge in [-0.15, -0.1) is 0 Å². The van der Waals surface area contributed by atoms with Gasteiger partial charge in [-0.25, -0.2) is 0 Å². The summed E-state index contributed by atoms with van der Waals surface area (Å²) in [5.41, 5.74) is 0. The molecule has 0 aromatic heterocycles. The van der Waals surface area contributed by atoms with Gasteiger partial charge in [-0.05, 0) is 59.2 Å². The Kier molecular flexibility index (Phi) is 0.230. The van der Waals surface area contributed by atoms with Gasteiger partial charge in [0.15, 0.2) is 0 Å². The highest BCUT2D eigenvalue weighted by Gasteiger charge is 2.97. The molecule has 0 aromatic rings. The predicted octanol–water partition coefficient (Wildman–Crippen LogP) is 1.23. The van der Waals surface area contributed by atoms with Crippen molar-refractivity contribution in [2.45, 2.75) is 0 Å². The zero-order valence-corrected chi connectivity index (χ0v) is 5.77. The fourth-order valence-electron chi connectivity index (χ4n) is 6.64. The van der Waals surface area contributed by atoms with Gasteiger partial charge < -0.3 is 0 Å². The fraction of sp³-hybridized carbons (Fsp3) is 1.00. The Morgan fingerprint density at radius 2 is 0.300 bits per heavy atom. The van der Waals surface area contributed by atoms with Crippen LogP contribution in [0.25, 0.3) is 0 Å². The molecule has 6 rings (SSSR count). The fourth-order valence-corrected chi connectivity index (χ4v) is 6.64. The quantitative estimate of drug-likeness (QED) is 0.462.